The molecule has 88 valence electrons. The van der Waals surface area contributed by atoms with Crippen LogP contribution in [-0.2, 0) is 0 Å². The fraction of sp³-hybridized carbons (Fsp3) is 0. The maximum absolute atomic E-state index is 11.3. The third kappa shape index (κ3) is 1.55. The molecule has 1 aromatic carbocycles. The number of hydrogen-bond donors (Lipinski definition) is 2. The number of nitrogens with one attached hydrogen (secondary N) is 1. The molecule has 0 fully saturated rings. The smallest absolute Gasteiger partial charge is 0.353 e. The second kappa shape index (κ2) is 4.00. The van der Waals surface area contributed by atoms with Gasteiger partial charge in [0, 0.05) is 22.7 Å². The van der Waals surface area contributed by atoms with Gasteiger partial charge in [-0.25, -0.2) is 4.79 Å². The maximum Gasteiger partial charge on any atom is 0.353 e. The molecule has 2 heterocycles. The van der Waals surface area contributed by atoms with Crippen LogP contribution in [0.1, 0.15) is 10.5 Å². The zero-order valence-corrected chi connectivity index (χ0v) is 9.42. The van der Waals surface area contributed by atoms with E-state index >= 15 is 0 Å². The third-order valence-electron chi connectivity index (χ3n) is 2.84. The molecule has 18 heavy (non-hydrogen) atoms. The molecule has 0 bridgehead atoms. The van der Waals surface area contributed by atoms with E-state index in [2.05, 4.69) is 9.97 Å². The standard InChI is InChI=1S/C14H10N2O2/c17-14(18)13-12(11-7-3-4-8-15-11)9-5-1-2-6-10(9)16-13/h1-8,16H,(H,17,18). The first-order chi connectivity index (χ1) is 8.77. The number of rotatable bonds is 2. The van der Waals surface area contributed by atoms with Crippen molar-refractivity contribution in [3.63, 3.8) is 0 Å². The number of aromatic amines is 1. The minimum atomic E-state index is -0.980. The first kappa shape index (κ1) is 10.5. The monoisotopic (exact) mass is 238 g/mol. The highest BCUT2D eigenvalue weighted by atomic mass is 16.4. The number of benzene rings is 1. The van der Waals surface area contributed by atoms with Crippen molar-refractivity contribution >= 4 is 16.9 Å². The van der Waals surface area contributed by atoms with Crippen molar-refractivity contribution in [2.24, 2.45) is 0 Å². The average Bonchev–Trinajstić information content (AvgIpc) is 2.79. The Bertz CT molecular complexity index is 717. The van der Waals surface area contributed by atoms with E-state index in [1.54, 1.807) is 12.3 Å². The summed E-state index contributed by atoms with van der Waals surface area (Å²) in [4.78, 5) is 18.5. The molecule has 0 saturated carbocycles. The number of aromatic nitrogens is 2. The molecule has 0 radical (unpaired) electrons. The Hall–Kier alpha value is -2.62. The molecule has 2 aromatic heterocycles. The number of pyridine rings is 1. The lowest BCUT2D eigenvalue weighted by Crippen LogP contribution is -1.99. The fourth-order valence-electron chi connectivity index (χ4n) is 2.08. The second-order valence-electron chi connectivity index (χ2n) is 3.94. The summed E-state index contributed by atoms with van der Waals surface area (Å²) in [6.45, 7) is 0. The van der Waals surface area contributed by atoms with E-state index in [9.17, 15) is 9.90 Å². The Kier molecular flexibility index (Phi) is 2.34. The van der Waals surface area contributed by atoms with Gasteiger partial charge in [0.2, 0.25) is 0 Å². The molecular formula is C14H10N2O2. The molecule has 4 nitrogen and oxygen atoms in total. The van der Waals surface area contributed by atoms with Gasteiger partial charge in [-0.2, -0.15) is 0 Å². The second-order valence-corrected chi connectivity index (χ2v) is 3.94. The molecule has 0 saturated heterocycles. The van der Waals surface area contributed by atoms with Crippen LogP contribution >= 0.6 is 0 Å². The summed E-state index contributed by atoms with van der Waals surface area (Å²) in [5, 5.41) is 10.1. The van der Waals surface area contributed by atoms with Gasteiger partial charge in [0.05, 0.1) is 5.69 Å². The molecule has 0 aliphatic carbocycles. The number of hydrogen-bond acceptors (Lipinski definition) is 2. The number of carboxylic acids is 1. The molecule has 0 spiro atoms. The van der Waals surface area contributed by atoms with Gasteiger partial charge in [-0.15, -0.1) is 0 Å². The Morgan fingerprint density at radius 2 is 1.89 bits per heavy atom. The number of carboxylic acid groups (broad SMARTS) is 1. The Balaban J connectivity index is 2.38. The lowest BCUT2D eigenvalue weighted by Gasteiger charge is -2.00. The normalized spacial score (nSPS) is 10.7. The SMILES string of the molecule is O=C(O)c1[nH]c2ccccc2c1-c1ccccn1. The van der Waals surface area contributed by atoms with E-state index in [4.69, 9.17) is 0 Å². The quantitative estimate of drug-likeness (QED) is 0.721. The molecule has 0 atom stereocenters. The van der Waals surface area contributed by atoms with Crippen LogP contribution in [0.5, 0.6) is 0 Å². The Morgan fingerprint density at radius 1 is 1.11 bits per heavy atom. The Labute approximate surface area is 103 Å². The minimum absolute atomic E-state index is 0.176. The van der Waals surface area contributed by atoms with Crippen molar-refractivity contribution in [1.29, 1.82) is 0 Å². The van der Waals surface area contributed by atoms with Crippen molar-refractivity contribution in [3.8, 4) is 11.3 Å². The van der Waals surface area contributed by atoms with Gasteiger partial charge in [0.25, 0.3) is 0 Å². The van der Waals surface area contributed by atoms with E-state index in [0.29, 0.717) is 11.3 Å². The highest BCUT2D eigenvalue weighted by Crippen LogP contribution is 2.30. The van der Waals surface area contributed by atoms with Crippen molar-refractivity contribution in [3.05, 3.63) is 54.4 Å². The first-order valence-electron chi connectivity index (χ1n) is 5.53. The molecular weight excluding hydrogens is 228 g/mol. The summed E-state index contributed by atoms with van der Waals surface area (Å²) < 4.78 is 0. The van der Waals surface area contributed by atoms with Crippen LogP contribution in [0.3, 0.4) is 0 Å². The lowest BCUT2D eigenvalue weighted by molar-refractivity contribution is 0.0692. The van der Waals surface area contributed by atoms with Crippen molar-refractivity contribution in [1.82, 2.24) is 9.97 Å². The zero-order valence-electron chi connectivity index (χ0n) is 9.42. The van der Waals surface area contributed by atoms with Crippen LogP contribution in [0.4, 0.5) is 0 Å². The predicted octanol–water partition coefficient (Wildman–Crippen LogP) is 2.93. The summed E-state index contributed by atoms with van der Waals surface area (Å²) in [6.07, 6.45) is 1.66. The molecule has 0 amide bonds. The molecule has 0 aliphatic rings. The van der Waals surface area contributed by atoms with E-state index in [-0.39, 0.29) is 5.69 Å². The Morgan fingerprint density at radius 3 is 2.61 bits per heavy atom. The topological polar surface area (TPSA) is 66.0 Å². The highest BCUT2D eigenvalue weighted by Gasteiger charge is 2.18. The highest BCUT2D eigenvalue weighted by molar-refractivity contribution is 6.06. The number of aromatic carboxylic acids is 1. The molecule has 0 aliphatic heterocycles. The number of para-hydroxylation sites is 1. The summed E-state index contributed by atoms with van der Waals surface area (Å²) in [6, 6.07) is 13.0. The van der Waals surface area contributed by atoms with Crippen LogP contribution in [0.25, 0.3) is 22.2 Å². The van der Waals surface area contributed by atoms with Gasteiger partial charge in [0.1, 0.15) is 5.69 Å². The maximum atomic E-state index is 11.3. The fourth-order valence-corrected chi connectivity index (χ4v) is 2.08. The number of H-pyrrole nitrogens is 1. The number of nitrogens with zero attached hydrogens (tertiary/aromatic N) is 1. The molecule has 4 heteroatoms. The van der Waals surface area contributed by atoms with Crippen LogP contribution in [0.2, 0.25) is 0 Å². The predicted molar refractivity (Wildman–Crippen MR) is 68.5 cm³/mol. The third-order valence-corrected chi connectivity index (χ3v) is 2.84. The summed E-state index contributed by atoms with van der Waals surface area (Å²) >= 11 is 0. The summed E-state index contributed by atoms with van der Waals surface area (Å²) in [7, 11) is 0. The van der Waals surface area contributed by atoms with E-state index in [0.717, 1.165) is 10.9 Å². The molecule has 0 unspecified atom stereocenters. The van der Waals surface area contributed by atoms with Crippen molar-refractivity contribution in [2.75, 3.05) is 0 Å². The van der Waals surface area contributed by atoms with Crippen LogP contribution in [0, 0.1) is 0 Å². The van der Waals surface area contributed by atoms with E-state index in [1.807, 2.05) is 36.4 Å². The van der Waals surface area contributed by atoms with Gasteiger partial charge in [-0.05, 0) is 18.2 Å². The first-order valence-corrected chi connectivity index (χ1v) is 5.53. The average molecular weight is 238 g/mol. The van der Waals surface area contributed by atoms with Gasteiger partial charge in [-0.3, -0.25) is 4.98 Å². The van der Waals surface area contributed by atoms with E-state index in [1.165, 1.54) is 0 Å². The number of carbonyl (C=O) groups is 1. The molecule has 2 N–H and O–H groups in total. The molecule has 3 rings (SSSR count). The van der Waals surface area contributed by atoms with Crippen LogP contribution in [0.15, 0.2) is 48.7 Å². The summed E-state index contributed by atoms with van der Waals surface area (Å²) in [5.41, 5.74) is 2.27. The minimum Gasteiger partial charge on any atom is -0.477 e. The lowest BCUT2D eigenvalue weighted by atomic mass is 10.1. The van der Waals surface area contributed by atoms with Gasteiger partial charge >= 0.3 is 5.97 Å². The van der Waals surface area contributed by atoms with E-state index < -0.39 is 5.97 Å². The van der Waals surface area contributed by atoms with Crippen molar-refractivity contribution < 1.29 is 9.90 Å². The number of fused-ring (bicyclic) bond motifs is 1. The molecule has 3 aromatic rings. The van der Waals surface area contributed by atoms with Crippen LogP contribution in [-0.4, -0.2) is 21.0 Å². The van der Waals surface area contributed by atoms with Gasteiger partial charge in [0.15, 0.2) is 0 Å². The zero-order chi connectivity index (χ0) is 12.5. The van der Waals surface area contributed by atoms with Gasteiger partial charge < -0.3 is 10.1 Å². The van der Waals surface area contributed by atoms with Crippen LogP contribution < -0.4 is 0 Å². The van der Waals surface area contributed by atoms with Crippen molar-refractivity contribution in [2.45, 2.75) is 0 Å². The largest absolute Gasteiger partial charge is 0.477 e. The summed E-state index contributed by atoms with van der Waals surface area (Å²) in [5.74, 6) is -0.980. The van der Waals surface area contributed by atoms with Gasteiger partial charge in [-0.1, -0.05) is 24.3 Å².